The molecule has 0 saturated heterocycles. The Bertz CT molecular complexity index is 791. The molecule has 3 aromatic rings. The van der Waals surface area contributed by atoms with Gasteiger partial charge in [0.2, 0.25) is 0 Å². The number of pyridine rings is 1. The molecule has 0 spiro atoms. The van der Waals surface area contributed by atoms with Crippen molar-refractivity contribution in [2.75, 3.05) is 5.32 Å². The van der Waals surface area contributed by atoms with Crippen LogP contribution >= 0.6 is 15.9 Å². The highest BCUT2D eigenvalue weighted by Gasteiger charge is 2.10. The molecular weight excluding hydrogens is 320 g/mol. The molecule has 2 aromatic heterocycles. The lowest BCUT2D eigenvalue weighted by Crippen LogP contribution is -2.15. The summed E-state index contributed by atoms with van der Waals surface area (Å²) in [7, 11) is 0. The zero-order chi connectivity index (χ0) is 13.9. The number of fused-ring (bicyclic) bond motifs is 1. The summed E-state index contributed by atoms with van der Waals surface area (Å²) in [6, 6.07) is 10.9. The van der Waals surface area contributed by atoms with Gasteiger partial charge >= 0.3 is 0 Å². The van der Waals surface area contributed by atoms with Gasteiger partial charge in [-0.25, -0.2) is 9.97 Å². The minimum atomic E-state index is -0.339. The summed E-state index contributed by atoms with van der Waals surface area (Å²) in [4.78, 5) is 24.6. The minimum Gasteiger partial charge on any atom is -0.305 e. The molecule has 1 aromatic carbocycles. The van der Waals surface area contributed by atoms with E-state index in [-0.39, 0.29) is 11.6 Å². The first kappa shape index (κ1) is 12.7. The molecule has 6 heteroatoms. The predicted molar refractivity (Wildman–Crippen MR) is 79.4 cm³/mol. The van der Waals surface area contributed by atoms with E-state index in [1.807, 2.05) is 24.3 Å². The second kappa shape index (κ2) is 5.34. The normalized spacial score (nSPS) is 10.4. The van der Waals surface area contributed by atoms with E-state index in [0.29, 0.717) is 11.3 Å². The molecule has 0 aliphatic rings. The van der Waals surface area contributed by atoms with E-state index in [2.05, 4.69) is 36.2 Å². The number of carbonyl (C=O) groups excluding carboxylic acids is 1. The third-order valence-electron chi connectivity index (χ3n) is 2.64. The van der Waals surface area contributed by atoms with Crippen molar-refractivity contribution in [1.29, 1.82) is 0 Å². The number of aromatic nitrogens is 3. The number of benzene rings is 1. The molecule has 2 heterocycles. The predicted octanol–water partition coefficient (Wildman–Crippen LogP) is 3.04. The highest BCUT2D eigenvalue weighted by Crippen LogP contribution is 2.14. The van der Waals surface area contributed by atoms with Crippen molar-refractivity contribution >= 4 is 38.7 Å². The molecule has 20 heavy (non-hydrogen) atoms. The second-order valence-corrected chi connectivity index (χ2v) is 4.97. The molecule has 5 nitrogen and oxygen atoms in total. The Morgan fingerprint density at radius 2 is 1.90 bits per heavy atom. The Hall–Kier alpha value is -2.34. The first-order valence-electron chi connectivity index (χ1n) is 5.87. The average molecular weight is 329 g/mol. The molecule has 3 rings (SSSR count). The van der Waals surface area contributed by atoms with Crippen LogP contribution in [0.25, 0.3) is 11.0 Å². The van der Waals surface area contributed by atoms with Crippen LogP contribution in [-0.2, 0) is 0 Å². The van der Waals surface area contributed by atoms with Crippen LogP contribution in [0.1, 0.15) is 10.5 Å². The quantitative estimate of drug-likeness (QED) is 0.785. The maximum absolute atomic E-state index is 12.1. The van der Waals surface area contributed by atoms with Crippen molar-refractivity contribution in [2.24, 2.45) is 0 Å². The van der Waals surface area contributed by atoms with Gasteiger partial charge in [-0.15, -0.1) is 0 Å². The number of rotatable bonds is 2. The molecule has 0 atom stereocenters. The van der Waals surface area contributed by atoms with E-state index in [0.717, 1.165) is 9.99 Å². The van der Waals surface area contributed by atoms with E-state index in [1.54, 1.807) is 18.3 Å². The Labute approximate surface area is 123 Å². The Balaban J connectivity index is 1.88. The molecule has 0 bridgehead atoms. The highest BCUT2D eigenvalue weighted by molar-refractivity contribution is 9.10. The van der Waals surface area contributed by atoms with Crippen LogP contribution in [0.3, 0.4) is 0 Å². The van der Waals surface area contributed by atoms with Crippen molar-refractivity contribution in [1.82, 2.24) is 15.0 Å². The molecule has 98 valence electrons. The fourth-order valence-electron chi connectivity index (χ4n) is 1.72. The van der Waals surface area contributed by atoms with Crippen molar-refractivity contribution in [2.45, 2.75) is 0 Å². The lowest BCUT2D eigenvalue weighted by Gasteiger charge is -2.04. The van der Waals surface area contributed by atoms with Gasteiger partial charge in [-0.1, -0.05) is 28.1 Å². The number of amides is 1. The third-order valence-corrected chi connectivity index (χ3v) is 3.14. The molecule has 0 unspecified atom stereocenters. The highest BCUT2D eigenvalue weighted by atomic mass is 79.9. The summed E-state index contributed by atoms with van der Waals surface area (Å²) in [5.41, 5.74) is 1.69. The number of anilines is 1. The van der Waals surface area contributed by atoms with E-state index in [9.17, 15) is 4.79 Å². The first-order valence-corrected chi connectivity index (χ1v) is 6.66. The molecule has 0 fully saturated rings. The summed E-state index contributed by atoms with van der Waals surface area (Å²) in [5.74, 6) is 0.119. The van der Waals surface area contributed by atoms with E-state index in [1.165, 1.54) is 6.20 Å². The monoisotopic (exact) mass is 328 g/mol. The number of halogens is 1. The maximum atomic E-state index is 12.1. The van der Waals surface area contributed by atoms with Crippen molar-refractivity contribution < 1.29 is 4.79 Å². The SMILES string of the molecule is O=C(Nc1cc(Br)ccn1)c1cnc2ccccc2n1. The van der Waals surface area contributed by atoms with E-state index < -0.39 is 0 Å². The van der Waals surface area contributed by atoms with Crippen LogP contribution in [0.15, 0.2) is 53.3 Å². The number of hydrogen-bond acceptors (Lipinski definition) is 4. The standard InChI is InChI=1S/C14H9BrN4O/c15-9-5-6-16-13(7-9)19-14(20)12-8-17-10-3-1-2-4-11(10)18-12/h1-8H,(H,16,19,20). The summed E-state index contributed by atoms with van der Waals surface area (Å²) in [6.07, 6.45) is 3.06. The lowest BCUT2D eigenvalue weighted by atomic mass is 10.3. The fraction of sp³-hybridized carbons (Fsp3) is 0. The largest absolute Gasteiger partial charge is 0.305 e. The number of carbonyl (C=O) groups is 1. The second-order valence-electron chi connectivity index (χ2n) is 4.06. The third kappa shape index (κ3) is 2.65. The topological polar surface area (TPSA) is 67.8 Å². The van der Waals surface area contributed by atoms with Crippen LogP contribution in [0.4, 0.5) is 5.82 Å². The van der Waals surface area contributed by atoms with Gasteiger partial charge < -0.3 is 5.32 Å². The number of nitrogens with zero attached hydrogens (tertiary/aromatic N) is 3. The average Bonchev–Trinajstić information content (AvgIpc) is 2.47. The van der Waals surface area contributed by atoms with Crippen molar-refractivity contribution in [3.63, 3.8) is 0 Å². The number of nitrogens with one attached hydrogen (secondary N) is 1. The van der Waals surface area contributed by atoms with E-state index in [4.69, 9.17) is 0 Å². The van der Waals surface area contributed by atoms with Gasteiger partial charge in [-0.3, -0.25) is 9.78 Å². The van der Waals surface area contributed by atoms with Gasteiger partial charge in [-0.2, -0.15) is 0 Å². The van der Waals surface area contributed by atoms with Gasteiger partial charge in [-0.05, 0) is 24.3 Å². The van der Waals surface area contributed by atoms with E-state index >= 15 is 0 Å². The molecule has 0 saturated carbocycles. The van der Waals surface area contributed by atoms with Crippen molar-refractivity contribution in [3.8, 4) is 0 Å². The van der Waals surface area contributed by atoms with Gasteiger partial charge in [0.15, 0.2) is 0 Å². The lowest BCUT2D eigenvalue weighted by molar-refractivity contribution is 0.102. The summed E-state index contributed by atoms with van der Waals surface area (Å²) in [5, 5.41) is 2.68. The zero-order valence-corrected chi connectivity index (χ0v) is 11.8. The van der Waals surface area contributed by atoms with Crippen LogP contribution in [-0.4, -0.2) is 20.9 Å². The smallest absolute Gasteiger partial charge is 0.277 e. The van der Waals surface area contributed by atoms with Crippen LogP contribution in [0.2, 0.25) is 0 Å². The van der Waals surface area contributed by atoms with Gasteiger partial charge in [0.1, 0.15) is 11.5 Å². The van der Waals surface area contributed by atoms with Crippen LogP contribution in [0.5, 0.6) is 0 Å². The molecular formula is C14H9BrN4O. The van der Waals surface area contributed by atoms with Crippen LogP contribution in [0, 0.1) is 0 Å². The van der Waals surface area contributed by atoms with Gasteiger partial charge in [0.25, 0.3) is 5.91 Å². The zero-order valence-electron chi connectivity index (χ0n) is 10.2. The summed E-state index contributed by atoms with van der Waals surface area (Å²) >= 11 is 3.32. The van der Waals surface area contributed by atoms with Crippen molar-refractivity contribution in [3.05, 3.63) is 59.0 Å². The molecule has 0 aliphatic heterocycles. The number of hydrogen-bond donors (Lipinski definition) is 1. The summed E-state index contributed by atoms with van der Waals surface area (Å²) in [6.45, 7) is 0. The Kier molecular flexibility index (Phi) is 3.39. The summed E-state index contributed by atoms with van der Waals surface area (Å²) < 4.78 is 0.840. The van der Waals surface area contributed by atoms with Gasteiger partial charge in [0.05, 0.1) is 17.2 Å². The minimum absolute atomic E-state index is 0.255. The Morgan fingerprint density at radius 3 is 2.70 bits per heavy atom. The molecule has 0 radical (unpaired) electrons. The fourth-order valence-corrected chi connectivity index (χ4v) is 2.06. The van der Waals surface area contributed by atoms with Crippen LogP contribution < -0.4 is 5.32 Å². The van der Waals surface area contributed by atoms with Gasteiger partial charge in [0, 0.05) is 10.7 Å². The molecule has 1 N–H and O–H groups in total. The first-order chi connectivity index (χ1) is 9.72. The molecule has 1 amide bonds. The Morgan fingerprint density at radius 1 is 1.10 bits per heavy atom. The number of para-hydroxylation sites is 2. The molecule has 0 aliphatic carbocycles. The maximum Gasteiger partial charge on any atom is 0.277 e.